The summed E-state index contributed by atoms with van der Waals surface area (Å²) in [5.74, 6) is 0.208. The first kappa shape index (κ1) is 16.3. The van der Waals surface area contributed by atoms with Gasteiger partial charge in [-0.1, -0.05) is 15.9 Å². The second-order valence-electron chi connectivity index (χ2n) is 5.06. The Hall–Kier alpha value is -1.58. The largest absolute Gasteiger partial charge is 0.317 e. The van der Waals surface area contributed by atoms with Crippen molar-refractivity contribution in [2.24, 2.45) is 0 Å². The van der Waals surface area contributed by atoms with E-state index in [1.165, 1.54) is 4.57 Å². The van der Waals surface area contributed by atoms with E-state index in [2.05, 4.69) is 26.4 Å². The van der Waals surface area contributed by atoms with Gasteiger partial charge in [-0.3, -0.25) is 23.8 Å². The first-order valence-electron chi connectivity index (χ1n) is 7.02. The molecule has 23 heavy (non-hydrogen) atoms. The van der Waals surface area contributed by atoms with E-state index in [-0.39, 0.29) is 12.3 Å². The molecule has 0 fully saturated rings. The summed E-state index contributed by atoms with van der Waals surface area (Å²) in [6.07, 6.45) is 0.0704. The maximum atomic E-state index is 12.3. The number of carbonyl (C=O) groups is 1. The van der Waals surface area contributed by atoms with Gasteiger partial charge in [0.1, 0.15) is 0 Å². The van der Waals surface area contributed by atoms with Crippen LogP contribution >= 0.6 is 27.7 Å². The zero-order valence-corrected chi connectivity index (χ0v) is 14.6. The number of rotatable bonds is 4. The third-order valence-electron chi connectivity index (χ3n) is 3.49. The number of amides is 1. The average Bonchev–Trinajstić information content (AvgIpc) is 2.51. The molecule has 122 valence electrons. The zero-order valence-electron chi connectivity index (χ0n) is 12.2. The van der Waals surface area contributed by atoms with Crippen molar-refractivity contribution in [3.8, 4) is 0 Å². The standard InChI is InChI=1S/C14H14BrN3O4S/c1-2-22-17-11(19)5-8-6-23-10-4-7(15)3-9-12(10)18(8)14(21)13(20)16-9/h3-4,8H,2,5-6H2,1H3,(H,16,20)(H,17,19). The van der Waals surface area contributed by atoms with Crippen LogP contribution in [-0.2, 0) is 9.63 Å². The predicted octanol–water partition coefficient (Wildman–Crippen LogP) is 1.56. The zero-order chi connectivity index (χ0) is 16.6. The SMILES string of the molecule is CCONC(=O)CC1CSc2cc(Br)cc3[nH]c(=O)c(=O)n1c23. The first-order chi connectivity index (χ1) is 11.0. The van der Waals surface area contributed by atoms with Gasteiger partial charge in [0.05, 0.1) is 30.1 Å². The Balaban J connectivity index is 2.10. The third-order valence-corrected chi connectivity index (χ3v) is 5.12. The maximum Gasteiger partial charge on any atom is 0.317 e. The van der Waals surface area contributed by atoms with Crippen LogP contribution in [0, 0.1) is 0 Å². The number of aromatic amines is 1. The van der Waals surface area contributed by atoms with Crippen molar-refractivity contribution < 1.29 is 9.63 Å². The predicted molar refractivity (Wildman–Crippen MR) is 90.7 cm³/mol. The molecule has 1 unspecified atom stereocenters. The van der Waals surface area contributed by atoms with E-state index in [1.54, 1.807) is 24.8 Å². The fourth-order valence-electron chi connectivity index (χ4n) is 2.58. The second kappa shape index (κ2) is 6.50. The van der Waals surface area contributed by atoms with Crippen LogP contribution in [0.25, 0.3) is 11.0 Å². The molecule has 1 aromatic heterocycles. The molecule has 1 amide bonds. The van der Waals surface area contributed by atoms with Crippen LogP contribution in [0.4, 0.5) is 0 Å². The molecule has 1 aromatic carbocycles. The number of nitrogens with zero attached hydrogens (tertiary/aromatic N) is 1. The highest BCUT2D eigenvalue weighted by Gasteiger charge is 2.27. The smallest absolute Gasteiger partial charge is 0.316 e. The van der Waals surface area contributed by atoms with E-state index >= 15 is 0 Å². The summed E-state index contributed by atoms with van der Waals surface area (Å²) in [5.41, 5.74) is 2.21. The minimum absolute atomic E-state index is 0.0704. The van der Waals surface area contributed by atoms with Gasteiger partial charge < -0.3 is 4.98 Å². The van der Waals surface area contributed by atoms with Crippen molar-refractivity contribution >= 4 is 44.6 Å². The molecule has 2 N–H and O–H groups in total. The van der Waals surface area contributed by atoms with Gasteiger partial charge in [-0.2, -0.15) is 0 Å². The monoisotopic (exact) mass is 399 g/mol. The number of benzene rings is 1. The van der Waals surface area contributed by atoms with Crippen molar-refractivity contribution in [3.05, 3.63) is 37.3 Å². The third kappa shape index (κ3) is 3.08. The number of carbonyl (C=O) groups excluding carboxylic acids is 1. The van der Waals surface area contributed by atoms with Crippen molar-refractivity contribution in [2.45, 2.75) is 24.3 Å². The van der Waals surface area contributed by atoms with Crippen LogP contribution < -0.4 is 16.6 Å². The van der Waals surface area contributed by atoms with Crippen molar-refractivity contribution in [1.29, 1.82) is 0 Å². The Labute approximate surface area is 143 Å². The van der Waals surface area contributed by atoms with Gasteiger partial charge in [-0.05, 0) is 19.1 Å². The number of nitrogens with one attached hydrogen (secondary N) is 2. The summed E-state index contributed by atoms with van der Waals surface area (Å²) in [6, 6.07) is 3.25. The molecule has 0 saturated carbocycles. The van der Waals surface area contributed by atoms with E-state index in [4.69, 9.17) is 4.84 Å². The summed E-state index contributed by atoms with van der Waals surface area (Å²) in [4.78, 5) is 44.5. The number of hydrogen-bond acceptors (Lipinski definition) is 5. The Morgan fingerprint density at radius 1 is 1.52 bits per heavy atom. The van der Waals surface area contributed by atoms with Crippen molar-refractivity contribution in [2.75, 3.05) is 12.4 Å². The molecule has 0 spiro atoms. The number of H-pyrrole nitrogens is 1. The van der Waals surface area contributed by atoms with Gasteiger partial charge >= 0.3 is 11.1 Å². The molecular formula is C14H14BrN3O4S. The number of aromatic nitrogens is 2. The molecule has 2 aromatic rings. The summed E-state index contributed by atoms with van der Waals surface area (Å²) in [6.45, 7) is 2.12. The van der Waals surface area contributed by atoms with Crippen LogP contribution in [0.3, 0.4) is 0 Å². The van der Waals surface area contributed by atoms with Crippen LogP contribution in [0.5, 0.6) is 0 Å². The summed E-state index contributed by atoms with van der Waals surface area (Å²) >= 11 is 4.95. The number of thioether (sulfide) groups is 1. The van der Waals surface area contributed by atoms with Crippen LogP contribution in [0.1, 0.15) is 19.4 Å². The molecule has 0 aliphatic carbocycles. The fourth-order valence-corrected chi connectivity index (χ4v) is 4.39. The van der Waals surface area contributed by atoms with E-state index in [9.17, 15) is 14.4 Å². The van der Waals surface area contributed by atoms with Gasteiger partial charge in [0, 0.05) is 15.1 Å². The van der Waals surface area contributed by atoms with Gasteiger partial charge in [0.15, 0.2) is 0 Å². The quantitative estimate of drug-likeness (QED) is 0.600. The molecule has 2 heterocycles. The van der Waals surface area contributed by atoms with E-state index in [1.807, 2.05) is 6.07 Å². The average molecular weight is 400 g/mol. The highest BCUT2D eigenvalue weighted by molar-refractivity contribution is 9.10. The summed E-state index contributed by atoms with van der Waals surface area (Å²) in [5, 5.41) is 0. The Kier molecular flexibility index (Phi) is 4.60. The topological polar surface area (TPSA) is 93.2 Å². The molecule has 7 nitrogen and oxygen atoms in total. The van der Waals surface area contributed by atoms with Gasteiger partial charge in [0.25, 0.3) is 0 Å². The van der Waals surface area contributed by atoms with Crippen molar-refractivity contribution in [1.82, 2.24) is 15.0 Å². The Bertz CT molecular complexity index is 892. The lowest BCUT2D eigenvalue weighted by Crippen LogP contribution is -2.41. The molecule has 0 radical (unpaired) electrons. The van der Waals surface area contributed by atoms with Crippen LogP contribution in [0.2, 0.25) is 0 Å². The Morgan fingerprint density at radius 2 is 2.30 bits per heavy atom. The Morgan fingerprint density at radius 3 is 3.04 bits per heavy atom. The molecule has 1 aliphatic heterocycles. The molecular weight excluding hydrogens is 386 g/mol. The highest BCUT2D eigenvalue weighted by Crippen LogP contribution is 2.37. The van der Waals surface area contributed by atoms with Gasteiger partial charge in [-0.15, -0.1) is 11.8 Å². The fraction of sp³-hybridized carbons (Fsp3) is 0.357. The number of hydrogen-bond donors (Lipinski definition) is 2. The maximum absolute atomic E-state index is 12.3. The second-order valence-corrected chi connectivity index (χ2v) is 7.03. The van der Waals surface area contributed by atoms with Gasteiger partial charge in [0.2, 0.25) is 5.91 Å². The molecule has 1 aliphatic rings. The molecule has 3 rings (SSSR count). The highest BCUT2D eigenvalue weighted by atomic mass is 79.9. The van der Waals surface area contributed by atoms with Crippen LogP contribution in [0.15, 0.2) is 31.1 Å². The van der Waals surface area contributed by atoms with E-state index in [0.29, 0.717) is 23.4 Å². The molecule has 9 heteroatoms. The molecule has 0 saturated heterocycles. The van der Waals surface area contributed by atoms with E-state index in [0.717, 1.165) is 9.37 Å². The normalized spacial score (nSPS) is 16.5. The van der Waals surface area contributed by atoms with Crippen molar-refractivity contribution in [3.63, 3.8) is 0 Å². The van der Waals surface area contributed by atoms with Gasteiger partial charge in [-0.25, -0.2) is 5.48 Å². The first-order valence-corrected chi connectivity index (χ1v) is 8.80. The summed E-state index contributed by atoms with van der Waals surface area (Å²) in [7, 11) is 0. The van der Waals surface area contributed by atoms with E-state index < -0.39 is 17.2 Å². The minimum atomic E-state index is -0.691. The lowest BCUT2D eigenvalue weighted by molar-refractivity contribution is -0.133. The lowest BCUT2D eigenvalue weighted by Gasteiger charge is -2.26. The minimum Gasteiger partial charge on any atom is -0.316 e. The molecule has 1 atom stereocenters. The lowest BCUT2D eigenvalue weighted by atomic mass is 10.2. The summed E-state index contributed by atoms with van der Waals surface area (Å²) < 4.78 is 2.25. The molecule has 0 bridgehead atoms. The van der Waals surface area contributed by atoms with Crippen LogP contribution in [-0.4, -0.2) is 27.8 Å². The number of halogens is 1. The number of hydroxylamine groups is 1.